The Hall–Kier alpha value is -1.46. The van der Waals surface area contributed by atoms with Crippen LogP contribution in [0.5, 0.6) is 0 Å². The number of hydrogen-bond acceptors (Lipinski definition) is 1. The van der Waals surface area contributed by atoms with E-state index in [2.05, 4.69) is 38.7 Å². The van der Waals surface area contributed by atoms with Gasteiger partial charge < -0.3 is 10.6 Å². The maximum absolute atomic E-state index is 13.5. The van der Waals surface area contributed by atoms with Crippen molar-refractivity contribution in [1.82, 2.24) is 5.32 Å². The van der Waals surface area contributed by atoms with E-state index in [-0.39, 0.29) is 5.82 Å². The summed E-state index contributed by atoms with van der Waals surface area (Å²) in [6.45, 7) is 0.700. The lowest BCUT2D eigenvalue weighted by Crippen LogP contribution is -2.30. The number of benzene rings is 2. The minimum absolute atomic E-state index is 0.333. The van der Waals surface area contributed by atoms with Crippen molar-refractivity contribution in [2.75, 3.05) is 11.9 Å². The van der Waals surface area contributed by atoms with Gasteiger partial charge in [0, 0.05) is 11.0 Å². The molecule has 20 heavy (non-hydrogen) atoms. The van der Waals surface area contributed by atoms with Crippen LogP contribution in [0.1, 0.15) is 5.56 Å². The molecule has 0 atom stereocenters. The van der Waals surface area contributed by atoms with Gasteiger partial charge in [-0.1, -0.05) is 46.3 Å². The molecule has 0 saturated carbocycles. The van der Waals surface area contributed by atoms with Crippen molar-refractivity contribution < 1.29 is 4.39 Å². The van der Waals surface area contributed by atoms with E-state index in [9.17, 15) is 4.39 Å². The Balaban J connectivity index is 1.82. The molecule has 2 aromatic rings. The lowest BCUT2D eigenvalue weighted by Gasteiger charge is -2.11. The number of hydrogen-bond donors (Lipinski definition) is 2. The summed E-state index contributed by atoms with van der Waals surface area (Å²) < 4.78 is 14.3. The largest absolute Gasteiger partial charge is 0.362 e. The van der Waals surface area contributed by atoms with Crippen LogP contribution in [0.25, 0.3) is 0 Å². The minimum atomic E-state index is -0.333. The van der Waals surface area contributed by atoms with Gasteiger partial charge in [-0.2, -0.15) is 0 Å². The van der Waals surface area contributed by atoms with E-state index < -0.39 is 0 Å². The predicted octanol–water partition coefficient (Wildman–Crippen LogP) is 4.12. The number of anilines is 1. The van der Waals surface area contributed by atoms with Crippen LogP contribution in [0.3, 0.4) is 0 Å². The second-order valence-electron chi connectivity index (χ2n) is 4.24. The number of rotatable bonds is 4. The van der Waals surface area contributed by atoms with Crippen molar-refractivity contribution in [3.05, 3.63) is 64.4 Å². The third-order valence-corrected chi connectivity index (χ3v) is 3.46. The Bertz CT molecular complexity index is 590. The molecule has 0 bridgehead atoms. The zero-order valence-corrected chi connectivity index (χ0v) is 13.1. The second kappa shape index (κ2) is 7.36. The van der Waals surface area contributed by atoms with Gasteiger partial charge in [0.25, 0.3) is 0 Å². The van der Waals surface area contributed by atoms with Gasteiger partial charge in [-0.15, -0.1) is 0 Å². The first kappa shape index (κ1) is 14.9. The topological polar surface area (TPSA) is 24.1 Å². The summed E-state index contributed by atoms with van der Waals surface area (Å²) in [6.07, 6.45) is 0.865. The first-order valence-corrected chi connectivity index (χ1v) is 7.39. The van der Waals surface area contributed by atoms with Crippen LogP contribution in [0.2, 0.25) is 0 Å². The molecule has 0 aliphatic heterocycles. The van der Waals surface area contributed by atoms with Gasteiger partial charge in [0.1, 0.15) is 5.82 Å². The molecule has 0 saturated heterocycles. The molecular formula is C15H14BrFN2S. The van der Waals surface area contributed by atoms with E-state index in [1.165, 1.54) is 11.6 Å². The average Bonchev–Trinajstić information content (AvgIpc) is 2.44. The monoisotopic (exact) mass is 352 g/mol. The van der Waals surface area contributed by atoms with Crippen molar-refractivity contribution in [2.24, 2.45) is 0 Å². The maximum atomic E-state index is 13.5. The maximum Gasteiger partial charge on any atom is 0.170 e. The molecule has 0 heterocycles. The summed E-state index contributed by atoms with van der Waals surface area (Å²) in [5.74, 6) is -0.333. The fraction of sp³-hybridized carbons (Fsp3) is 0.133. The molecule has 0 amide bonds. The van der Waals surface area contributed by atoms with E-state index in [0.717, 1.165) is 10.9 Å². The van der Waals surface area contributed by atoms with Crippen LogP contribution in [-0.4, -0.2) is 11.7 Å². The second-order valence-corrected chi connectivity index (χ2v) is 5.56. The summed E-state index contributed by atoms with van der Waals surface area (Å²) in [5, 5.41) is 6.33. The van der Waals surface area contributed by atoms with Gasteiger partial charge in [0.2, 0.25) is 0 Å². The normalized spacial score (nSPS) is 10.1. The lowest BCUT2D eigenvalue weighted by molar-refractivity contribution is 0.632. The molecule has 2 N–H and O–H groups in total. The molecule has 0 unspecified atom stereocenters. The molecule has 2 nitrogen and oxygen atoms in total. The minimum Gasteiger partial charge on any atom is -0.362 e. The van der Waals surface area contributed by atoms with Crippen LogP contribution < -0.4 is 10.6 Å². The van der Waals surface area contributed by atoms with Crippen molar-refractivity contribution >= 4 is 38.9 Å². The molecule has 0 fully saturated rings. The first-order valence-electron chi connectivity index (χ1n) is 6.19. The molecular weight excluding hydrogens is 339 g/mol. The first-order chi connectivity index (χ1) is 9.65. The van der Waals surface area contributed by atoms with E-state index in [4.69, 9.17) is 12.2 Å². The SMILES string of the molecule is Fc1ccc(Br)cc1NC(=S)NCCc1ccccc1. The van der Waals surface area contributed by atoms with E-state index >= 15 is 0 Å². The Morgan fingerprint density at radius 1 is 1.15 bits per heavy atom. The third-order valence-electron chi connectivity index (χ3n) is 2.72. The zero-order valence-electron chi connectivity index (χ0n) is 10.7. The van der Waals surface area contributed by atoms with Crippen LogP contribution in [-0.2, 0) is 6.42 Å². The predicted molar refractivity (Wildman–Crippen MR) is 88.5 cm³/mol. The van der Waals surface area contributed by atoms with E-state index in [0.29, 0.717) is 17.3 Å². The van der Waals surface area contributed by atoms with Gasteiger partial charge in [-0.05, 0) is 42.4 Å². The fourth-order valence-electron chi connectivity index (χ4n) is 1.72. The van der Waals surface area contributed by atoms with E-state index in [1.54, 1.807) is 12.1 Å². The molecule has 2 rings (SSSR count). The lowest BCUT2D eigenvalue weighted by atomic mass is 10.1. The van der Waals surface area contributed by atoms with Gasteiger partial charge in [0.15, 0.2) is 5.11 Å². The highest BCUT2D eigenvalue weighted by atomic mass is 79.9. The summed E-state index contributed by atoms with van der Waals surface area (Å²) in [5.41, 5.74) is 1.59. The van der Waals surface area contributed by atoms with Crippen molar-refractivity contribution in [2.45, 2.75) is 6.42 Å². The Morgan fingerprint density at radius 2 is 1.90 bits per heavy atom. The Morgan fingerprint density at radius 3 is 2.65 bits per heavy atom. The Labute approximate surface area is 131 Å². The summed E-state index contributed by atoms with van der Waals surface area (Å²) in [7, 11) is 0. The summed E-state index contributed by atoms with van der Waals surface area (Å²) in [4.78, 5) is 0. The highest BCUT2D eigenvalue weighted by Gasteiger charge is 2.04. The quantitative estimate of drug-likeness (QED) is 0.809. The Kier molecular flexibility index (Phi) is 5.49. The molecule has 0 aromatic heterocycles. The number of thiocarbonyl (C=S) groups is 1. The standard InChI is InChI=1S/C15H14BrFN2S/c16-12-6-7-13(17)14(10-12)19-15(20)18-9-8-11-4-2-1-3-5-11/h1-7,10H,8-9H2,(H2,18,19,20). The average molecular weight is 353 g/mol. The highest BCUT2D eigenvalue weighted by molar-refractivity contribution is 9.10. The van der Waals surface area contributed by atoms with Crippen molar-refractivity contribution in [1.29, 1.82) is 0 Å². The van der Waals surface area contributed by atoms with Crippen LogP contribution in [0.4, 0.5) is 10.1 Å². The van der Waals surface area contributed by atoms with E-state index in [1.807, 2.05) is 18.2 Å². The number of halogens is 2. The van der Waals surface area contributed by atoms with Gasteiger partial charge >= 0.3 is 0 Å². The smallest absolute Gasteiger partial charge is 0.170 e. The zero-order chi connectivity index (χ0) is 14.4. The summed E-state index contributed by atoms with van der Waals surface area (Å²) >= 11 is 8.45. The highest BCUT2D eigenvalue weighted by Crippen LogP contribution is 2.19. The fourth-order valence-corrected chi connectivity index (χ4v) is 2.30. The third kappa shape index (κ3) is 4.58. The molecule has 104 valence electrons. The number of nitrogens with one attached hydrogen (secondary N) is 2. The molecule has 0 radical (unpaired) electrons. The van der Waals surface area contributed by atoms with Gasteiger partial charge in [0.05, 0.1) is 5.69 Å². The molecule has 0 spiro atoms. The van der Waals surface area contributed by atoms with Crippen LogP contribution in [0, 0.1) is 5.82 Å². The van der Waals surface area contributed by atoms with Gasteiger partial charge in [-0.3, -0.25) is 0 Å². The van der Waals surface area contributed by atoms with Crippen molar-refractivity contribution in [3.63, 3.8) is 0 Å². The van der Waals surface area contributed by atoms with Crippen LogP contribution >= 0.6 is 28.1 Å². The van der Waals surface area contributed by atoms with Crippen molar-refractivity contribution in [3.8, 4) is 0 Å². The summed E-state index contributed by atoms with van der Waals surface area (Å²) in [6, 6.07) is 14.8. The molecule has 2 aromatic carbocycles. The molecule has 0 aliphatic rings. The van der Waals surface area contributed by atoms with Gasteiger partial charge in [-0.25, -0.2) is 4.39 Å². The molecule has 5 heteroatoms. The molecule has 0 aliphatic carbocycles. The van der Waals surface area contributed by atoms with Crippen LogP contribution in [0.15, 0.2) is 53.0 Å².